The zero-order valence-corrected chi connectivity index (χ0v) is 12.3. The summed E-state index contributed by atoms with van der Waals surface area (Å²) in [5.74, 6) is 0. The van der Waals surface area contributed by atoms with Crippen LogP contribution in [-0.2, 0) is 0 Å². The third-order valence-corrected chi connectivity index (χ3v) is 4.56. The minimum absolute atomic E-state index is 0.768. The van der Waals surface area contributed by atoms with Gasteiger partial charge in [0.05, 0.1) is 0 Å². The minimum atomic E-state index is 0.768. The quantitative estimate of drug-likeness (QED) is 0.700. The first kappa shape index (κ1) is 14.3. The lowest BCUT2D eigenvalue weighted by atomic mass is 10.1. The fourth-order valence-electron chi connectivity index (χ4n) is 3.54. The summed E-state index contributed by atoms with van der Waals surface area (Å²) in [6.45, 7) is 12.2. The molecule has 0 aliphatic carbocycles. The van der Waals surface area contributed by atoms with E-state index in [1.165, 1.54) is 71.4 Å². The van der Waals surface area contributed by atoms with Crippen LogP contribution in [-0.4, -0.2) is 61.2 Å². The molecule has 3 heteroatoms. The van der Waals surface area contributed by atoms with Crippen molar-refractivity contribution < 1.29 is 0 Å². The van der Waals surface area contributed by atoms with Crippen LogP contribution in [0.5, 0.6) is 0 Å². The normalized spacial score (nSPS) is 27.3. The van der Waals surface area contributed by atoms with Gasteiger partial charge in [0.1, 0.15) is 0 Å². The van der Waals surface area contributed by atoms with Gasteiger partial charge < -0.3 is 5.32 Å². The Morgan fingerprint density at radius 2 is 2.06 bits per heavy atom. The highest BCUT2D eigenvalue weighted by atomic mass is 15.3. The highest BCUT2D eigenvalue weighted by molar-refractivity contribution is 4.89. The molecule has 0 bridgehead atoms. The summed E-state index contributed by atoms with van der Waals surface area (Å²) in [5.41, 5.74) is 0. The second kappa shape index (κ2) is 7.46. The van der Waals surface area contributed by atoms with Gasteiger partial charge >= 0.3 is 0 Å². The molecule has 0 saturated carbocycles. The average molecular weight is 253 g/mol. The zero-order valence-electron chi connectivity index (χ0n) is 12.3. The van der Waals surface area contributed by atoms with Crippen molar-refractivity contribution >= 4 is 0 Å². The van der Waals surface area contributed by atoms with Crippen LogP contribution in [0.4, 0.5) is 0 Å². The number of rotatable bonds is 7. The van der Waals surface area contributed by atoms with Crippen molar-refractivity contribution in [2.75, 3.05) is 39.3 Å². The Morgan fingerprint density at radius 3 is 2.83 bits per heavy atom. The fourth-order valence-corrected chi connectivity index (χ4v) is 3.54. The van der Waals surface area contributed by atoms with E-state index in [2.05, 4.69) is 29.0 Å². The van der Waals surface area contributed by atoms with Crippen LogP contribution in [0.1, 0.15) is 46.0 Å². The van der Waals surface area contributed by atoms with Gasteiger partial charge in [0.25, 0.3) is 0 Å². The van der Waals surface area contributed by atoms with Crippen LogP contribution in [0.25, 0.3) is 0 Å². The molecule has 18 heavy (non-hydrogen) atoms. The molecule has 106 valence electrons. The molecule has 2 aliphatic heterocycles. The largest absolute Gasteiger partial charge is 0.315 e. The molecule has 2 unspecified atom stereocenters. The number of hydrogen-bond acceptors (Lipinski definition) is 3. The summed E-state index contributed by atoms with van der Waals surface area (Å²) in [7, 11) is 0. The summed E-state index contributed by atoms with van der Waals surface area (Å²) in [5, 5.41) is 3.62. The molecule has 2 rings (SSSR count). The molecule has 2 atom stereocenters. The standard InChI is InChI=1S/C15H31N3/c1-3-6-14(12-16-8-4-2)18-11-10-17-9-5-7-15(17)13-18/h14-16H,3-13H2,1-2H3. The predicted octanol–water partition coefficient (Wildman–Crippen LogP) is 1.93. The SMILES string of the molecule is CCCNCC(CCC)N1CCN2CCCC2C1. The van der Waals surface area contributed by atoms with Gasteiger partial charge in [-0.3, -0.25) is 9.80 Å². The van der Waals surface area contributed by atoms with E-state index in [4.69, 9.17) is 0 Å². The summed E-state index contributed by atoms with van der Waals surface area (Å²) in [6.07, 6.45) is 6.75. The summed E-state index contributed by atoms with van der Waals surface area (Å²) < 4.78 is 0. The Kier molecular flexibility index (Phi) is 5.93. The van der Waals surface area contributed by atoms with Crippen LogP contribution in [0.3, 0.4) is 0 Å². The molecule has 2 aliphatic rings. The molecule has 0 aromatic rings. The van der Waals surface area contributed by atoms with Crippen molar-refractivity contribution in [3.05, 3.63) is 0 Å². The van der Waals surface area contributed by atoms with Gasteiger partial charge in [-0.05, 0) is 38.8 Å². The molecule has 0 spiro atoms. The van der Waals surface area contributed by atoms with E-state index < -0.39 is 0 Å². The fraction of sp³-hybridized carbons (Fsp3) is 1.00. The van der Waals surface area contributed by atoms with Gasteiger partial charge in [0.2, 0.25) is 0 Å². The predicted molar refractivity (Wildman–Crippen MR) is 78.0 cm³/mol. The summed E-state index contributed by atoms with van der Waals surface area (Å²) in [4.78, 5) is 5.47. The number of piperazine rings is 1. The van der Waals surface area contributed by atoms with Gasteiger partial charge in [-0.1, -0.05) is 20.3 Å². The van der Waals surface area contributed by atoms with E-state index in [0.717, 1.165) is 12.1 Å². The Hall–Kier alpha value is -0.120. The Bertz CT molecular complexity index is 232. The monoisotopic (exact) mass is 253 g/mol. The third kappa shape index (κ3) is 3.69. The van der Waals surface area contributed by atoms with E-state index in [1.54, 1.807) is 0 Å². The molecule has 2 fully saturated rings. The van der Waals surface area contributed by atoms with Crippen molar-refractivity contribution in [2.45, 2.75) is 58.0 Å². The molecule has 1 N–H and O–H groups in total. The van der Waals surface area contributed by atoms with Gasteiger partial charge in [0, 0.05) is 38.3 Å². The van der Waals surface area contributed by atoms with Crippen LogP contribution in [0, 0.1) is 0 Å². The van der Waals surface area contributed by atoms with Gasteiger partial charge in [0.15, 0.2) is 0 Å². The average Bonchev–Trinajstić information content (AvgIpc) is 2.85. The first-order valence-electron chi connectivity index (χ1n) is 8.04. The lowest BCUT2D eigenvalue weighted by Crippen LogP contribution is -2.55. The molecular weight excluding hydrogens is 222 g/mol. The zero-order chi connectivity index (χ0) is 12.8. The van der Waals surface area contributed by atoms with Crippen LogP contribution >= 0.6 is 0 Å². The number of nitrogens with one attached hydrogen (secondary N) is 1. The minimum Gasteiger partial charge on any atom is -0.315 e. The smallest absolute Gasteiger partial charge is 0.0224 e. The topological polar surface area (TPSA) is 18.5 Å². The van der Waals surface area contributed by atoms with Crippen molar-refractivity contribution in [3.8, 4) is 0 Å². The van der Waals surface area contributed by atoms with Crippen LogP contribution in [0.2, 0.25) is 0 Å². The van der Waals surface area contributed by atoms with Crippen molar-refractivity contribution in [2.24, 2.45) is 0 Å². The molecule has 2 saturated heterocycles. The third-order valence-electron chi connectivity index (χ3n) is 4.56. The Morgan fingerprint density at radius 1 is 1.17 bits per heavy atom. The number of fused-ring (bicyclic) bond motifs is 1. The summed E-state index contributed by atoms with van der Waals surface area (Å²) in [6, 6.07) is 1.63. The maximum atomic E-state index is 3.62. The van der Waals surface area contributed by atoms with E-state index in [1.807, 2.05) is 0 Å². The first-order valence-corrected chi connectivity index (χ1v) is 8.04. The second-order valence-corrected chi connectivity index (χ2v) is 5.97. The maximum Gasteiger partial charge on any atom is 0.0224 e. The maximum absolute atomic E-state index is 3.62. The van der Waals surface area contributed by atoms with Crippen molar-refractivity contribution in [1.82, 2.24) is 15.1 Å². The molecular formula is C15H31N3. The first-order chi connectivity index (χ1) is 8.85. The van der Waals surface area contributed by atoms with Crippen LogP contribution < -0.4 is 5.32 Å². The van der Waals surface area contributed by atoms with Gasteiger partial charge in [-0.25, -0.2) is 0 Å². The number of hydrogen-bond donors (Lipinski definition) is 1. The lowest BCUT2D eigenvalue weighted by molar-refractivity contribution is 0.0677. The lowest BCUT2D eigenvalue weighted by Gasteiger charge is -2.41. The van der Waals surface area contributed by atoms with E-state index in [0.29, 0.717) is 0 Å². The molecule has 3 nitrogen and oxygen atoms in total. The van der Waals surface area contributed by atoms with Gasteiger partial charge in [-0.15, -0.1) is 0 Å². The molecule has 0 amide bonds. The molecule has 0 radical (unpaired) electrons. The van der Waals surface area contributed by atoms with Gasteiger partial charge in [-0.2, -0.15) is 0 Å². The second-order valence-electron chi connectivity index (χ2n) is 5.97. The molecule has 0 aromatic heterocycles. The van der Waals surface area contributed by atoms with E-state index in [9.17, 15) is 0 Å². The van der Waals surface area contributed by atoms with Crippen LogP contribution in [0.15, 0.2) is 0 Å². The number of nitrogens with zero attached hydrogens (tertiary/aromatic N) is 2. The highest BCUT2D eigenvalue weighted by Gasteiger charge is 2.32. The van der Waals surface area contributed by atoms with Crippen molar-refractivity contribution in [3.63, 3.8) is 0 Å². The Balaban J connectivity index is 1.81. The molecule has 0 aromatic carbocycles. The van der Waals surface area contributed by atoms with Crippen molar-refractivity contribution in [1.29, 1.82) is 0 Å². The molecule has 2 heterocycles. The Labute approximate surface area is 113 Å². The highest BCUT2D eigenvalue weighted by Crippen LogP contribution is 2.23. The van der Waals surface area contributed by atoms with E-state index >= 15 is 0 Å². The van der Waals surface area contributed by atoms with E-state index in [-0.39, 0.29) is 0 Å². The summed E-state index contributed by atoms with van der Waals surface area (Å²) >= 11 is 0.